The Morgan fingerprint density at radius 2 is 2.06 bits per heavy atom. The summed E-state index contributed by atoms with van der Waals surface area (Å²) in [5, 5.41) is -0.235. The number of sulfonamides is 1. The van der Waals surface area contributed by atoms with Gasteiger partial charge in [-0.15, -0.1) is 0 Å². The first-order valence-electron chi connectivity index (χ1n) is 5.42. The lowest BCUT2D eigenvalue weighted by Crippen LogP contribution is -2.33. The van der Waals surface area contributed by atoms with Gasteiger partial charge in [-0.2, -0.15) is 0 Å². The molecule has 1 aromatic carbocycles. The third kappa shape index (κ3) is 3.79. The van der Waals surface area contributed by atoms with Crippen LogP contribution in [0.25, 0.3) is 0 Å². The van der Waals surface area contributed by atoms with Crippen LogP contribution in [0.3, 0.4) is 0 Å². The molecule has 0 aliphatic heterocycles. The second-order valence-corrected chi connectivity index (χ2v) is 7.72. The standard InChI is InChI=1S/C11H18N2O3S2/c1-8-4-5-10(12)6-11(8)18(15,16)13-7-9(2)17(3)14/h4-6,9,13H,7,12H2,1-3H3. The van der Waals surface area contributed by atoms with Crippen molar-refractivity contribution in [1.82, 2.24) is 4.72 Å². The number of nitrogen functional groups attached to an aromatic ring is 1. The maximum Gasteiger partial charge on any atom is 0.240 e. The number of aryl methyl sites for hydroxylation is 1. The van der Waals surface area contributed by atoms with Crippen molar-refractivity contribution in [3.63, 3.8) is 0 Å². The highest BCUT2D eigenvalue weighted by Crippen LogP contribution is 2.18. The molecule has 2 unspecified atom stereocenters. The Kier molecular flexibility index (Phi) is 4.89. The molecule has 102 valence electrons. The fourth-order valence-corrected chi connectivity index (χ4v) is 3.16. The van der Waals surface area contributed by atoms with E-state index in [0.717, 1.165) is 0 Å². The number of nitrogens with two attached hydrogens (primary N) is 1. The van der Waals surface area contributed by atoms with Crippen LogP contribution in [0.15, 0.2) is 23.1 Å². The molecule has 5 nitrogen and oxygen atoms in total. The van der Waals surface area contributed by atoms with Gasteiger partial charge in [-0.05, 0) is 31.5 Å². The number of anilines is 1. The van der Waals surface area contributed by atoms with E-state index in [4.69, 9.17) is 5.73 Å². The van der Waals surface area contributed by atoms with Gasteiger partial charge in [-0.1, -0.05) is 6.07 Å². The van der Waals surface area contributed by atoms with Crippen LogP contribution in [0.5, 0.6) is 0 Å². The molecule has 0 radical (unpaired) electrons. The Balaban J connectivity index is 2.93. The summed E-state index contributed by atoms with van der Waals surface area (Å²) < 4.78 is 37.8. The van der Waals surface area contributed by atoms with Gasteiger partial charge in [0, 0.05) is 34.5 Å². The molecule has 0 saturated carbocycles. The zero-order chi connectivity index (χ0) is 13.9. The molecule has 2 atom stereocenters. The molecule has 0 saturated heterocycles. The minimum atomic E-state index is -3.61. The molecule has 1 aromatic rings. The van der Waals surface area contributed by atoms with Crippen molar-refractivity contribution in [3.8, 4) is 0 Å². The van der Waals surface area contributed by atoms with Gasteiger partial charge in [0.05, 0.1) is 4.90 Å². The van der Waals surface area contributed by atoms with Crippen molar-refractivity contribution < 1.29 is 12.6 Å². The molecule has 0 fully saturated rings. The normalized spacial score (nSPS) is 15.3. The minimum Gasteiger partial charge on any atom is -0.399 e. The molecule has 0 aliphatic rings. The van der Waals surface area contributed by atoms with Crippen LogP contribution < -0.4 is 10.5 Å². The van der Waals surface area contributed by atoms with Crippen LogP contribution in [-0.2, 0) is 20.8 Å². The Morgan fingerprint density at radius 3 is 2.61 bits per heavy atom. The van der Waals surface area contributed by atoms with E-state index < -0.39 is 20.8 Å². The first kappa shape index (κ1) is 15.1. The summed E-state index contributed by atoms with van der Waals surface area (Å²) in [5.41, 5.74) is 6.61. The lowest BCUT2D eigenvalue weighted by molar-refractivity contribution is 0.580. The fourth-order valence-electron chi connectivity index (χ4n) is 1.33. The van der Waals surface area contributed by atoms with Gasteiger partial charge in [-0.25, -0.2) is 13.1 Å². The maximum absolute atomic E-state index is 12.1. The van der Waals surface area contributed by atoms with Crippen LogP contribution in [0, 0.1) is 6.92 Å². The van der Waals surface area contributed by atoms with Gasteiger partial charge in [-0.3, -0.25) is 4.21 Å². The number of hydrogen-bond donors (Lipinski definition) is 2. The summed E-state index contributed by atoms with van der Waals surface area (Å²) in [6.07, 6.45) is 1.55. The Bertz CT molecular complexity index is 555. The van der Waals surface area contributed by atoms with Crippen molar-refractivity contribution in [2.75, 3.05) is 18.5 Å². The average molecular weight is 290 g/mol. The molecule has 0 spiro atoms. The van der Waals surface area contributed by atoms with E-state index in [0.29, 0.717) is 11.3 Å². The summed E-state index contributed by atoms with van der Waals surface area (Å²) in [6.45, 7) is 3.57. The third-order valence-corrected chi connectivity index (χ3v) is 5.49. The number of nitrogens with one attached hydrogen (secondary N) is 1. The van der Waals surface area contributed by atoms with Crippen LogP contribution in [0.4, 0.5) is 5.69 Å². The largest absolute Gasteiger partial charge is 0.399 e. The van der Waals surface area contributed by atoms with Crippen molar-refractivity contribution in [1.29, 1.82) is 0 Å². The molecule has 3 N–H and O–H groups in total. The number of rotatable bonds is 5. The summed E-state index contributed by atoms with van der Waals surface area (Å²) in [7, 11) is -4.67. The van der Waals surface area contributed by atoms with E-state index in [1.54, 1.807) is 32.2 Å². The van der Waals surface area contributed by atoms with Crippen LogP contribution in [-0.4, -0.2) is 30.7 Å². The molecule has 0 amide bonds. The summed E-state index contributed by atoms with van der Waals surface area (Å²) in [6, 6.07) is 4.73. The van der Waals surface area contributed by atoms with E-state index in [1.165, 1.54) is 6.07 Å². The van der Waals surface area contributed by atoms with Crippen molar-refractivity contribution in [2.45, 2.75) is 24.0 Å². The topological polar surface area (TPSA) is 89.3 Å². The molecule has 0 bridgehead atoms. The van der Waals surface area contributed by atoms with Gasteiger partial charge in [0.15, 0.2) is 0 Å². The minimum absolute atomic E-state index is 0.139. The second kappa shape index (κ2) is 5.81. The van der Waals surface area contributed by atoms with Gasteiger partial charge < -0.3 is 5.73 Å². The van der Waals surface area contributed by atoms with E-state index in [9.17, 15) is 12.6 Å². The monoisotopic (exact) mass is 290 g/mol. The number of hydrogen-bond acceptors (Lipinski definition) is 4. The average Bonchev–Trinajstić information content (AvgIpc) is 2.29. The number of benzene rings is 1. The van der Waals surface area contributed by atoms with E-state index in [2.05, 4.69) is 4.72 Å². The third-order valence-electron chi connectivity index (χ3n) is 2.63. The zero-order valence-electron chi connectivity index (χ0n) is 10.6. The fraction of sp³-hybridized carbons (Fsp3) is 0.455. The zero-order valence-corrected chi connectivity index (χ0v) is 12.3. The molecule has 7 heteroatoms. The van der Waals surface area contributed by atoms with E-state index in [1.807, 2.05) is 0 Å². The second-order valence-electron chi connectivity index (χ2n) is 4.19. The highest BCUT2D eigenvalue weighted by molar-refractivity contribution is 7.89. The molecular weight excluding hydrogens is 272 g/mol. The lowest BCUT2D eigenvalue weighted by Gasteiger charge is -2.12. The van der Waals surface area contributed by atoms with Crippen LogP contribution >= 0.6 is 0 Å². The first-order valence-corrected chi connectivity index (χ1v) is 8.52. The quantitative estimate of drug-likeness (QED) is 0.778. The first-order chi connectivity index (χ1) is 8.24. The lowest BCUT2D eigenvalue weighted by atomic mass is 10.2. The van der Waals surface area contributed by atoms with Gasteiger partial charge in [0.25, 0.3) is 0 Å². The van der Waals surface area contributed by atoms with E-state index >= 15 is 0 Å². The SMILES string of the molecule is Cc1ccc(N)cc1S(=O)(=O)NCC(C)S(C)=O. The predicted octanol–water partition coefficient (Wildman–Crippen LogP) is 0.623. The molecule has 0 aromatic heterocycles. The highest BCUT2D eigenvalue weighted by Gasteiger charge is 2.18. The van der Waals surface area contributed by atoms with Crippen molar-refractivity contribution >= 4 is 26.5 Å². The van der Waals surface area contributed by atoms with Crippen molar-refractivity contribution in [2.24, 2.45) is 0 Å². The smallest absolute Gasteiger partial charge is 0.240 e. The van der Waals surface area contributed by atoms with Gasteiger partial charge in [0.2, 0.25) is 10.0 Å². The van der Waals surface area contributed by atoms with Gasteiger partial charge >= 0.3 is 0 Å². The Hall–Kier alpha value is -0.920. The molecule has 18 heavy (non-hydrogen) atoms. The van der Waals surface area contributed by atoms with Crippen LogP contribution in [0.2, 0.25) is 0 Å². The van der Waals surface area contributed by atoms with Gasteiger partial charge in [0.1, 0.15) is 0 Å². The highest BCUT2D eigenvalue weighted by atomic mass is 32.2. The summed E-state index contributed by atoms with van der Waals surface area (Å²) >= 11 is 0. The van der Waals surface area contributed by atoms with Crippen molar-refractivity contribution in [3.05, 3.63) is 23.8 Å². The Morgan fingerprint density at radius 1 is 1.44 bits per heavy atom. The molecule has 1 rings (SSSR count). The molecule has 0 aliphatic carbocycles. The molecule has 0 heterocycles. The summed E-state index contributed by atoms with van der Waals surface area (Å²) in [4.78, 5) is 0.164. The summed E-state index contributed by atoms with van der Waals surface area (Å²) in [5.74, 6) is 0. The predicted molar refractivity (Wildman–Crippen MR) is 74.3 cm³/mol. The van der Waals surface area contributed by atoms with Crippen LogP contribution in [0.1, 0.15) is 12.5 Å². The Labute approximate surface area is 110 Å². The maximum atomic E-state index is 12.1. The molecular formula is C11H18N2O3S2. The van der Waals surface area contributed by atoms with E-state index in [-0.39, 0.29) is 16.7 Å².